The molecule has 0 aliphatic carbocycles. The summed E-state index contributed by atoms with van der Waals surface area (Å²) in [4.78, 5) is 3.81. The van der Waals surface area contributed by atoms with Gasteiger partial charge >= 0.3 is 0 Å². The topological polar surface area (TPSA) is 76.9 Å². The molecule has 0 aromatic carbocycles. The van der Waals surface area contributed by atoms with Crippen molar-refractivity contribution in [2.75, 3.05) is 4.72 Å². The molecule has 8 heteroatoms. The van der Waals surface area contributed by atoms with Crippen molar-refractivity contribution in [3.63, 3.8) is 0 Å². The van der Waals surface area contributed by atoms with Gasteiger partial charge in [0.1, 0.15) is 10.0 Å². The van der Waals surface area contributed by atoms with E-state index in [1.54, 1.807) is 10.9 Å². The van der Waals surface area contributed by atoms with Crippen LogP contribution in [0.1, 0.15) is 13.8 Å². The fourth-order valence-corrected chi connectivity index (χ4v) is 2.71. The summed E-state index contributed by atoms with van der Waals surface area (Å²) in [6.07, 6.45) is 4.34. The molecular weight excluding hydrogens is 300 g/mol. The Hall–Kier alpha value is -1.60. The molecule has 0 bridgehead atoms. The van der Waals surface area contributed by atoms with Crippen molar-refractivity contribution >= 4 is 27.3 Å². The molecule has 0 radical (unpaired) electrons. The molecule has 0 unspecified atom stereocenters. The van der Waals surface area contributed by atoms with Crippen molar-refractivity contribution in [1.82, 2.24) is 14.8 Å². The van der Waals surface area contributed by atoms with Crippen molar-refractivity contribution in [2.24, 2.45) is 5.92 Å². The predicted molar refractivity (Wildman–Crippen MR) is 77.1 cm³/mol. The highest BCUT2D eigenvalue weighted by molar-refractivity contribution is 7.92. The van der Waals surface area contributed by atoms with Crippen LogP contribution in [0.25, 0.3) is 0 Å². The Morgan fingerprint density at radius 2 is 2.10 bits per heavy atom. The molecule has 0 aliphatic rings. The van der Waals surface area contributed by atoms with Crippen molar-refractivity contribution in [3.8, 4) is 0 Å². The van der Waals surface area contributed by atoms with E-state index < -0.39 is 10.0 Å². The largest absolute Gasteiger partial charge is 0.276 e. The fraction of sp³-hybridized carbons (Fsp3) is 0.333. The van der Waals surface area contributed by atoms with Crippen molar-refractivity contribution in [1.29, 1.82) is 0 Å². The highest BCUT2D eigenvalue weighted by Gasteiger charge is 2.15. The van der Waals surface area contributed by atoms with Gasteiger partial charge in [0, 0.05) is 18.9 Å². The van der Waals surface area contributed by atoms with Crippen LogP contribution in [0.3, 0.4) is 0 Å². The minimum Gasteiger partial charge on any atom is -0.276 e. The van der Waals surface area contributed by atoms with Gasteiger partial charge in [-0.25, -0.2) is 13.4 Å². The van der Waals surface area contributed by atoms with Crippen LogP contribution in [-0.2, 0) is 16.6 Å². The molecule has 0 saturated carbocycles. The van der Waals surface area contributed by atoms with E-state index in [-0.39, 0.29) is 10.0 Å². The quantitative estimate of drug-likeness (QED) is 0.860. The van der Waals surface area contributed by atoms with Gasteiger partial charge in [-0.05, 0) is 18.1 Å². The van der Waals surface area contributed by atoms with Crippen LogP contribution in [0.4, 0.5) is 5.69 Å². The second-order valence-corrected chi connectivity index (χ2v) is 6.84. The molecule has 2 heterocycles. The average Bonchev–Trinajstić information content (AvgIpc) is 2.75. The van der Waals surface area contributed by atoms with Crippen LogP contribution in [0.2, 0.25) is 5.15 Å². The summed E-state index contributed by atoms with van der Waals surface area (Å²) in [6.45, 7) is 4.85. The van der Waals surface area contributed by atoms with Gasteiger partial charge in [-0.1, -0.05) is 25.4 Å². The molecule has 6 nitrogen and oxygen atoms in total. The van der Waals surface area contributed by atoms with Gasteiger partial charge in [-0.2, -0.15) is 5.10 Å². The number of sulfonamides is 1. The zero-order valence-corrected chi connectivity index (χ0v) is 12.7. The summed E-state index contributed by atoms with van der Waals surface area (Å²) in [6, 6.07) is 2.83. The molecule has 108 valence electrons. The normalized spacial score (nSPS) is 11.8. The lowest BCUT2D eigenvalue weighted by atomic mass is 10.2. The summed E-state index contributed by atoms with van der Waals surface area (Å²) in [7, 11) is -3.67. The van der Waals surface area contributed by atoms with Crippen molar-refractivity contribution in [3.05, 3.63) is 35.9 Å². The number of hydrogen-bond acceptors (Lipinski definition) is 4. The Kier molecular flexibility index (Phi) is 4.29. The number of aromatic nitrogens is 3. The summed E-state index contributed by atoms with van der Waals surface area (Å²) in [5, 5.41) is 4.35. The number of halogens is 1. The minimum atomic E-state index is -3.67. The number of pyridine rings is 1. The Morgan fingerprint density at radius 1 is 1.35 bits per heavy atom. The third-order valence-electron chi connectivity index (χ3n) is 2.45. The van der Waals surface area contributed by atoms with Gasteiger partial charge in [-0.3, -0.25) is 9.40 Å². The van der Waals surface area contributed by atoms with Crippen LogP contribution < -0.4 is 4.72 Å². The van der Waals surface area contributed by atoms with E-state index in [9.17, 15) is 8.42 Å². The Balaban J connectivity index is 2.16. The van der Waals surface area contributed by atoms with Crippen molar-refractivity contribution in [2.45, 2.75) is 25.3 Å². The maximum absolute atomic E-state index is 12.1. The van der Waals surface area contributed by atoms with Crippen LogP contribution in [-0.4, -0.2) is 23.2 Å². The standard InChI is InChI=1S/C12H15ClN4O2S/c1-9(2)7-17-8-10(5-15-17)16-20(18,19)11-3-4-12(13)14-6-11/h3-6,8-9,16H,7H2,1-2H3. The molecule has 1 N–H and O–H groups in total. The highest BCUT2D eigenvalue weighted by Crippen LogP contribution is 2.16. The number of nitrogens with one attached hydrogen (secondary N) is 1. The minimum absolute atomic E-state index is 0.0542. The molecule has 0 aliphatic heterocycles. The van der Waals surface area contributed by atoms with Gasteiger partial charge < -0.3 is 0 Å². The first kappa shape index (κ1) is 14.8. The average molecular weight is 315 g/mol. The number of nitrogens with zero attached hydrogens (tertiary/aromatic N) is 3. The van der Waals surface area contributed by atoms with Gasteiger partial charge in [0.2, 0.25) is 0 Å². The Morgan fingerprint density at radius 3 is 2.70 bits per heavy atom. The lowest BCUT2D eigenvalue weighted by Crippen LogP contribution is -2.12. The van der Waals surface area contributed by atoms with E-state index in [0.29, 0.717) is 11.6 Å². The molecule has 2 rings (SSSR count). The maximum Gasteiger partial charge on any atom is 0.263 e. The molecule has 0 spiro atoms. The van der Waals surface area contributed by atoms with E-state index in [0.717, 1.165) is 6.54 Å². The molecule has 20 heavy (non-hydrogen) atoms. The van der Waals surface area contributed by atoms with Crippen LogP contribution in [0.15, 0.2) is 35.6 Å². The molecule has 0 amide bonds. The van der Waals surface area contributed by atoms with Crippen LogP contribution >= 0.6 is 11.6 Å². The summed E-state index contributed by atoms with van der Waals surface area (Å²) in [5.41, 5.74) is 0.417. The number of hydrogen-bond donors (Lipinski definition) is 1. The van der Waals surface area contributed by atoms with E-state index in [2.05, 4.69) is 28.7 Å². The zero-order valence-electron chi connectivity index (χ0n) is 11.1. The predicted octanol–water partition coefficient (Wildman–Crippen LogP) is 2.39. The fourth-order valence-electron chi connectivity index (χ4n) is 1.63. The molecule has 0 saturated heterocycles. The van der Waals surface area contributed by atoms with Gasteiger partial charge in [0.25, 0.3) is 10.0 Å². The zero-order chi connectivity index (χ0) is 14.8. The van der Waals surface area contributed by atoms with Crippen LogP contribution in [0.5, 0.6) is 0 Å². The Labute approximate surface area is 122 Å². The summed E-state index contributed by atoms with van der Waals surface area (Å²) >= 11 is 5.63. The Bertz CT molecular complexity index is 680. The highest BCUT2D eigenvalue weighted by atomic mass is 35.5. The second-order valence-electron chi connectivity index (χ2n) is 4.77. The smallest absolute Gasteiger partial charge is 0.263 e. The first-order valence-corrected chi connectivity index (χ1v) is 7.90. The molecule has 0 atom stereocenters. The second kappa shape index (κ2) is 5.80. The van der Waals surface area contributed by atoms with Crippen LogP contribution in [0, 0.1) is 5.92 Å². The molecule has 2 aromatic rings. The lowest BCUT2D eigenvalue weighted by Gasteiger charge is -2.06. The summed E-state index contributed by atoms with van der Waals surface area (Å²) < 4.78 is 28.4. The maximum atomic E-state index is 12.1. The van der Waals surface area contributed by atoms with Crippen molar-refractivity contribution < 1.29 is 8.42 Å². The third kappa shape index (κ3) is 3.71. The molecule has 2 aromatic heterocycles. The lowest BCUT2D eigenvalue weighted by molar-refractivity contribution is 0.483. The van der Waals surface area contributed by atoms with Gasteiger partial charge in [-0.15, -0.1) is 0 Å². The molecule has 0 fully saturated rings. The molecular formula is C12H15ClN4O2S. The number of anilines is 1. The monoisotopic (exact) mass is 314 g/mol. The third-order valence-corrected chi connectivity index (χ3v) is 4.04. The van der Waals surface area contributed by atoms with Gasteiger partial charge in [0.15, 0.2) is 0 Å². The van der Waals surface area contributed by atoms with E-state index >= 15 is 0 Å². The van der Waals surface area contributed by atoms with E-state index in [4.69, 9.17) is 11.6 Å². The van der Waals surface area contributed by atoms with E-state index in [1.807, 2.05) is 0 Å². The number of rotatable bonds is 5. The van der Waals surface area contributed by atoms with Gasteiger partial charge in [0.05, 0.1) is 11.9 Å². The van der Waals surface area contributed by atoms with E-state index in [1.165, 1.54) is 24.5 Å². The first-order valence-electron chi connectivity index (χ1n) is 6.03. The summed E-state index contributed by atoms with van der Waals surface area (Å²) in [5.74, 6) is 0.430. The first-order chi connectivity index (χ1) is 9.37. The SMILES string of the molecule is CC(C)Cn1cc(NS(=O)(=O)c2ccc(Cl)nc2)cn1.